The molecule has 2 aliphatic heterocycles. The smallest absolute Gasteiger partial charge is 0.206 e. The van der Waals surface area contributed by atoms with E-state index in [1.165, 1.54) is 30.4 Å². The summed E-state index contributed by atoms with van der Waals surface area (Å²) in [6.45, 7) is 13.5. The minimum atomic E-state index is -3.84. The summed E-state index contributed by atoms with van der Waals surface area (Å²) in [7, 11) is -6.06. The van der Waals surface area contributed by atoms with Crippen LogP contribution in [0, 0.1) is 6.92 Å². The summed E-state index contributed by atoms with van der Waals surface area (Å²) in [6.07, 6.45) is 0.576. The molecule has 12 heteroatoms. The van der Waals surface area contributed by atoms with Crippen LogP contribution in [-0.2, 0) is 46.4 Å². The number of benzene rings is 8. The van der Waals surface area contributed by atoms with Gasteiger partial charge in [-0.05, 0) is 169 Å². The standard InChI is InChI=1S/C62H58O10S2/c1-40-8-10-43(11-9-40)61(3,4)44-12-16-48(17-13-44)70-49-20-28-54(29-21-49)74(65,66)55-30-22-50(23-31-55)71-58-34-14-45(36-42(58)37-52-39-68-52)62(5,6)46-15-35-59(57(38-46)60-41(2)69-60)72-51-24-32-56(33-25-51)73(63,64)53-26-18-47(67-7)19-27-53/h8-36,38,41,52,60H,37,39H2,1-7H3. The molecule has 2 saturated heterocycles. The Morgan fingerprint density at radius 2 is 0.851 bits per heavy atom. The van der Waals surface area contributed by atoms with Crippen LogP contribution in [0.25, 0.3) is 0 Å². The minimum absolute atomic E-state index is 0.00818. The fourth-order valence-corrected chi connectivity index (χ4v) is 11.7. The number of methoxy groups -OCH3 is 1. The maximum Gasteiger partial charge on any atom is 0.206 e. The molecule has 3 unspecified atom stereocenters. The third kappa shape index (κ3) is 10.6. The van der Waals surface area contributed by atoms with Crippen molar-refractivity contribution in [1.82, 2.24) is 0 Å². The summed E-state index contributed by atoms with van der Waals surface area (Å²) in [6, 6.07) is 54.5. The fraction of sp³-hybridized carbons (Fsp3) is 0.226. The molecule has 8 aromatic carbocycles. The first-order valence-electron chi connectivity index (χ1n) is 24.6. The van der Waals surface area contributed by atoms with Crippen LogP contribution in [0.15, 0.2) is 202 Å². The van der Waals surface area contributed by atoms with Crippen molar-refractivity contribution < 1.29 is 45.3 Å². The van der Waals surface area contributed by atoms with Crippen molar-refractivity contribution in [3.05, 3.63) is 221 Å². The van der Waals surface area contributed by atoms with Crippen molar-refractivity contribution in [2.45, 2.75) is 96.7 Å². The molecule has 0 saturated carbocycles. The Balaban J connectivity index is 0.813. The van der Waals surface area contributed by atoms with E-state index in [1.807, 2.05) is 37.3 Å². The highest BCUT2D eigenvalue weighted by Crippen LogP contribution is 2.47. The molecule has 0 radical (unpaired) electrons. The molecule has 2 heterocycles. The van der Waals surface area contributed by atoms with Gasteiger partial charge in [-0.3, -0.25) is 0 Å². The van der Waals surface area contributed by atoms with Crippen molar-refractivity contribution in [2.75, 3.05) is 13.7 Å². The second-order valence-electron chi connectivity index (χ2n) is 20.0. The summed E-state index contributed by atoms with van der Waals surface area (Å²) < 4.78 is 90.2. The number of aryl methyl sites for hydroxylation is 1. The topological polar surface area (TPSA) is 130 Å². The molecule has 10 rings (SSSR count). The fourth-order valence-electron chi connectivity index (χ4n) is 9.14. The molecule has 10 nitrogen and oxygen atoms in total. The van der Waals surface area contributed by atoms with Crippen LogP contribution in [0.1, 0.15) is 79.7 Å². The molecule has 0 bridgehead atoms. The van der Waals surface area contributed by atoms with Gasteiger partial charge >= 0.3 is 0 Å². The predicted molar refractivity (Wildman–Crippen MR) is 285 cm³/mol. The quantitative estimate of drug-likeness (QED) is 0.0766. The van der Waals surface area contributed by atoms with Crippen molar-refractivity contribution in [3.63, 3.8) is 0 Å². The van der Waals surface area contributed by atoms with Crippen LogP contribution < -0.4 is 18.9 Å². The highest BCUT2D eigenvalue weighted by molar-refractivity contribution is 7.91. The molecule has 8 aromatic rings. The van der Waals surface area contributed by atoms with E-state index >= 15 is 0 Å². The minimum Gasteiger partial charge on any atom is -0.497 e. The molecule has 2 aliphatic rings. The van der Waals surface area contributed by atoms with Gasteiger partial charge in [-0.1, -0.05) is 87.9 Å². The largest absolute Gasteiger partial charge is 0.497 e. The van der Waals surface area contributed by atoms with Crippen LogP contribution >= 0.6 is 0 Å². The second-order valence-corrected chi connectivity index (χ2v) is 23.9. The summed E-state index contributed by atoms with van der Waals surface area (Å²) in [5.41, 5.74) is 6.93. The maximum absolute atomic E-state index is 13.8. The molecule has 0 amide bonds. The zero-order valence-electron chi connectivity index (χ0n) is 42.4. The van der Waals surface area contributed by atoms with Crippen LogP contribution in [0.2, 0.25) is 0 Å². The van der Waals surface area contributed by atoms with Crippen molar-refractivity contribution in [3.8, 4) is 40.2 Å². The molecule has 378 valence electrons. The molecule has 3 atom stereocenters. The van der Waals surface area contributed by atoms with Gasteiger partial charge in [0.1, 0.15) is 46.4 Å². The number of hydrogen-bond acceptors (Lipinski definition) is 10. The average molecular weight is 1030 g/mol. The lowest BCUT2D eigenvalue weighted by Gasteiger charge is -2.28. The van der Waals surface area contributed by atoms with Crippen LogP contribution in [0.3, 0.4) is 0 Å². The van der Waals surface area contributed by atoms with Gasteiger partial charge in [0.15, 0.2) is 0 Å². The van der Waals surface area contributed by atoms with Crippen LogP contribution in [0.4, 0.5) is 0 Å². The molecular weight excluding hydrogens is 969 g/mol. The van der Waals surface area contributed by atoms with E-state index < -0.39 is 25.1 Å². The van der Waals surface area contributed by atoms with Gasteiger partial charge in [0.05, 0.1) is 45.5 Å². The monoisotopic (exact) mass is 1030 g/mol. The van der Waals surface area contributed by atoms with Crippen molar-refractivity contribution in [2.24, 2.45) is 0 Å². The van der Waals surface area contributed by atoms with Gasteiger partial charge < -0.3 is 28.4 Å². The Bertz CT molecular complexity index is 3530. The average Bonchev–Trinajstić information content (AvgIpc) is 4.36. The highest BCUT2D eigenvalue weighted by Gasteiger charge is 2.39. The number of sulfone groups is 2. The molecule has 2 fully saturated rings. The third-order valence-electron chi connectivity index (χ3n) is 14.2. The van der Waals surface area contributed by atoms with Gasteiger partial charge in [0.25, 0.3) is 0 Å². The molecule has 0 spiro atoms. The van der Waals surface area contributed by atoms with E-state index in [0.717, 1.165) is 27.8 Å². The zero-order valence-corrected chi connectivity index (χ0v) is 44.0. The zero-order chi connectivity index (χ0) is 52.0. The third-order valence-corrected chi connectivity index (χ3v) is 17.8. The Morgan fingerprint density at radius 1 is 0.486 bits per heavy atom. The van der Waals surface area contributed by atoms with Gasteiger partial charge in [0, 0.05) is 22.8 Å². The van der Waals surface area contributed by atoms with E-state index in [1.54, 1.807) is 84.9 Å². The van der Waals surface area contributed by atoms with E-state index in [0.29, 0.717) is 53.3 Å². The molecule has 0 aliphatic carbocycles. The molecule has 74 heavy (non-hydrogen) atoms. The molecule has 0 N–H and O–H groups in total. The first kappa shape index (κ1) is 50.3. The SMILES string of the molecule is COc1ccc(S(=O)(=O)c2ccc(Oc3ccc(C(C)(C)c4ccc(Oc5ccc(S(=O)(=O)c6ccc(Oc7ccc(C(C)(C)c8ccc(C)cc8)cc7)cc6)cc5)c(CC5CO5)c4)cc3C3OC3C)cc2)cc1. The van der Waals surface area contributed by atoms with Crippen LogP contribution in [0.5, 0.6) is 40.2 Å². The van der Waals surface area contributed by atoms with Crippen molar-refractivity contribution in [1.29, 1.82) is 0 Å². The van der Waals surface area contributed by atoms with Crippen molar-refractivity contribution >= 4 is 19.7 Å². The lowest BCUT2D eigenvalue weighted by molar-refractivity contribution is 0.376. The number of ether oxygens (including phenoxy) is 6. The predicted octanol–water partition coefficient (Wildman–Crippen LogP) is 14.1. The Labute approximate surface area is 434 Å². The van der Waals surface area contributed by atoms with Gasteiger partial charge in [-0.25, -0.2) is 16.8 Å². The Morgan fingerprint density at radius 3 is 1.30 bits per heavy atom. The van der Waals surface area contributed by atoms with E-state index in [2.05, 4.69) is 89.2 Å². The molecular formula is C62H58O10S2. The first-order valence-corrected chi connectivity index (χ1v) is 27.6. The number of hydrogen-bond donors (Lipinski definition) is 0. The summed E-state index contributed by atoms with van der Waals surface area (Å²) in [5, 5.41) is 0. The lowest BCUT2D eigenvalue weighted by Crippen LogP contribution is -2.20. The highest BCUT2D eigenvalue weighted by atomic mass is 32.2. The van der Waals surface area contributed by atoms with E-state index in [9.17, 15) is 16.8 Å². The number of epoxide rings is 2. The maximum atomic E-state index is 13.8. The van der Waals surface area contributed by atoms with E-state index in [-0.39, 0.29) is 43.3 Å². The Hall–Kier alpha value is -7.22. The second kappa shape index (κ2) is 19.9. The summed E-state index contributed by atoms with van der Waals surface area (Å²) in [5.74, 6) is 4.03. The Kier molecular flexibility index (Phi) is 13.5. The van der Waals surface area contributed by atoms with Gasteiger partial charge in [0.2, 0.25) is 19.7 Å². The first-order chi connectivity index (χ1) is 35.4. The summed E-state index contributed by atoms with van der Waals surface area (Å²) >= 11 is 0. The van der Waals surface area contributed by atoms with Gasteiger partial charge in [-0.15, -0.1) is 0 Å². The number of rotatable bonds is 18. The van der Waals surface area contributed by atoms with Crippen LogP contribution in [-0.4, -0.2) is 42.8 Å². The molecule has 0 aromatic heterocycles. The van der Waals surface area contributed by atoms with Gasteiger partial charge in [-0.2, -0.15) is 0 Å². The summed E-state index contributed by atoms with van der Waals surface area (Å²) in [4.78, 5) is 0.621. The van der Waals surface area contributed by atoms with E-state index in [4.69, 9.17) is 28.4 Å². The normalized spacial score (nSPS) is 16.6. The lowest BCUT2D eigenvalue weighted by atomic mass is 9.76.